The third-order valence-corrected chi connectivity index (χ3v) is 3.79. The normalized spacial score (nSPS) is 18.6. The summed E-state index contributed by atoms with van der Waals surface area (Å²) < 4.78 is 12.9. The van der Waals surface area contributed by atoms with Crippen LogP contribution in [-0.4, -0.2) is 12.6 Å². The molecule has 0 saturated heterocycles. The van der Waals surface area contributed by atoms with Crippen LogP contribution in [0, 0.1) is 11.2 Å². The molecular formula is C16H24FN. The second-order valence-corrected chi connectivity index (χ2v) is 6.02. The third-order valence-electron chi connectivity index (χ3n) is 3.79. The van der Waals surface area contributed by atoms with Gasteiger partial charge in [0.05, 0.1) is 0 Å². The second kappa shape index (κ2) is 5.83. The molecular weight excluding hydrogens is 225 g/mol. The van der Waals surface area contributed by atoms with Crippen molar-refractivity contribution in [3.05, 3.63) is 35.6 Å². The zero-order valence-corrected chi connectivity index (χ0v) is 11.5. The molecule has 100 valence electrons. The van der Waals surface area contributed by atoms with E-state index in [1.54, 1.807) is 12.1 Å². The molecule has 1 unspecified atom stereocenters. The summed E-state index contributed by atoms with van der Waals surface area (Å²) in [5, 5.41) is 3.64. The average Bonchev–Trinajstić information content (AvgIpc) is 3.14. The van der Waals surface area contributed by atoms with Crippen molar-refractivity contribution in [2.24, 2.45) is 5.41 Å². The first kappa shape index (κ1) is 13.5. The Kier molecular flexibility index (Phi) is 4.39. The zero-order valence-electron chi connectivity index (χ0n) is 11.5. The first-order valence-corrected chi connectivity index (χ1v) is 7.09. The van der Waals surface area contributed by atoms with Crippen molar-refractivity contribution >= 4 is 0 Å². The predicted octanol–water partition coefficient (Wildman–Crippen LogP) is 3.93. The van der Waals surface area contributed by atoms with E-state index in [1.165, 1.54) is 31.2 Å². The largest absolute Gasteiger partial charge is 0.313 e. The fraction of sp³-hybridized carbons (Fsp3) is 0.625. The highest BCUT2D eigenvalue weighted by Gasteiger charge is 2.28. The van der Waals surface area contributed by atoms with Gasteiger partial charge in [-0.3, -0.25) is 0 Å². The van der Waals surface area contributed by atoms with E-state index >= 15 is 0 Å². The first-order chi connectivity index (χ1) is 8.61. The second-order valence-electron chi connectivity index (χ2n) is 6.02. The molecule has 0 bridgehead atoms. The van der Waals surface area contributed by atoms with Gasteiger partial charge in [-0.25, -0.2) is 4.39 Å². The molecule has 1 aromatic carbocycles. The summed E-state index contributed by atoms with van der Waals surface area (Å²) in [7, 11) is 0. The van der Waals surface area contributed by atoms with E-state index in [0.29, 0.717) is 0 Å². The maximum absolute atomic E-state index is 12.9. The lowest BCUT2D eigenvalue weighted by atomic mass is 9.79. The van der Waals surface area contributed by atoms with E-state index in [0.717, 1.165) is 19.0 Å². The molecule has 2 rings (SSSR count). The summed E-state index contributed by atoms with van der Waals surface area (Å²) in [6, 6.07) is 7.72. The van der Waals surface area contributed by atoms with Gasteiger partial charge in [-0.05, 0) is 48.8 Å². The van der Waals surface area contributed by atoms with E-state index in [9.17, 15) is 4.39 Å². The minimum absolute atomic E-state index is 0.146. The number of rotatable bonds is 7. The molecule has 1 saturated carbocycles. The lowest BCUT2D eigenvalue weighted by Gasteiger charge is -2.30. The van der Waals surface area contributed by atoms with Crippen LogP contribution in [0.1, 0.15) is 45.1 Å². The summed E-state index contributed by atoms with van der Waals surface area (Å²) in [5.41, 5.74) is 1.53. The molecule has 1 aliphatic rings. The number of halogens is 1. The number of hydrogen-bond acceptors (Lipinski definition) is 1. The molecule has 1 aliphatic carbocycles. The van der Waals surface area contributed by atoms with Crippen LogP contribution in [0.3, 0.4) is 0 Å². The number of hydrogen-bond donors (Lipinski definition) is 1. The standard InChI is InChI=1S/C16H24FN/c1-3-10-16(2,12-18-15-8-9-15)11-13-4-6-14(17)7-5-13/h4-7,15,18H,3,8-12H2,1-2H3. The Morgan fingerprint density at radius 3 is 2.50 bits per heavy atom. The molecule has 0 amide bonds. The van der Waals surface area contributed by atoms with E-state index in [1.807, 2.05) is 12.1 Å². The monoisotopic (exact) mass is 249 g/mol. The predicted molar refractivity (Wildman–Crippen MR) is 74.1 cm³/mol. The molecule has 2 heteroatoms. The topological polar surface area (TPSA) is 12.0 Å². The van der Waals surface area contributed by atoms with Crippen molar-refractivity contribution in [3.63, 3.8) is 0 Å². The Balaban J connectivity index is 1.96. The lowest BCUT2D eigenvalue weighted by molar-refractivity contribution is 0.274. The van der Waals surface area contributed by atoms with Crippen LogP contribution >= 0.6 is 0 Å². The smallest absolute Gasteiger partial charge is 0.123 e. The van der Waals surface area contributed by atoms with Crippen molar-refractivity contribution in [1.82, 2.24) is 5.32 Å². The fourth-order valence-corrected chi connectivity index (χ4v) is 2.62. The summed E-state index contributed by atoms with van der Waals surface area (Å²) in [6.07, 6.45) is 6.10. The summed E-state index contributed by atoms with van der Waals surface area (Å²) in [6.45, 7) is 5.65. The van der Waals surface area contributed by atoms with Gasteiger partial charge < -0.3 is 5.32 Å². The molecule has 1 atom stereocenters. The van der Waals surface area contributed by atoms with Crippen LogP contribution in [0.5, 0.6) is 0 Å². The minimum atomic E-state index is -0.146. The third kappa shape index (κ3) is 4.09. The zero-order chi connectivity index (χ0) is 13.0. The van der Waals surface area contributed by atoms with Crippen molar-refractivity contribution in [2.75, 3.05) is 6.54 Å². The lowest BCUT2D eigenvalue weighted by Crippen LogP contribution is -2.34. The SMILES string of the molecule is CCCC(C)(CNC1CC1)Cc1ccc(F)cc1. The Hall–Kier alpha value is -0.890. The van der Waals surface area contributed by atoms with E-state index in [4.69, 9.17) is 0 Å². The maximum atomic E-state index is 12.9. The minimum Gasteiger partial charge on any atom is -0.313 e. The van der Waals surface area contributed by atoms with Gasteiger partial charge in [-0.1, -0.05) is 32.4 Å². The number of benzene rings is 1. The molecule has 0 radical (unpaired) electrons. The first-order valence-electron chi connectivity index (χ1n) is 7.09. The summed E-state index contributed by atoms with van der Waals surface area (Å²) in [4.78, 5) is 0. The highest BCUT2D eigenvalue weighted by molar-refractivity contribution is 5.17. The van der Waals surface area contributed by atoms with Crippen LogP contribution in [0.2, 0.25) is 0 Å². The molecule has 0 heterocycles. The average molecular weight is 249 g/mol. The summed E-state index contributed by atoms with van der Waals surface area (Å²) >= 11 is 0. The molecule has 1 aromatic rings. The van der Waals surface area contributed by atoms with Gasteiger partial charge in [0.1, 0.15) is 5.82 Å². The van der Waals surface area contributed by atoms with Crippen molar-refractivity contribution < 1.29 is 4.39 Å². The van der Waals surface area contributed by atoms with Crippen molar-refractivity contribution in [2.45, 2.75) is 52.0 Å². The quantitative estimate of drug-likeness (QED) is 0.772. The molecule has 1 fully saturated rings. The van der Waals surface area contributed by atoms with Gasteiger partial charge in [0.15, 0.2) is 0 Å². The van der Waals surface area contributed by atoms with Gasteiger partial charge in [-0.2, -0.15) is 0 Å². The van der Waals surface area contributed by atoms with E-state index in [-0.39, 0.29) is 11.2 Å². The van der Waals surface area contributed by atoms with Crippen LogP contribution in [0.4, 0.5) is 4.39 Å². The van der Waals surface area contributed by atoms with Gasteiger partial charge in [0, 0.05) is 12.6 Å². The van der Waals surface area contributed by atoms with Crippen molar-refractivity contribution in [3.8, 4) is 0 Å². The Morgan fingerprint density at radius 1 is 1.28 bits per heavy atom. The van der Waals surface area contributed by atoms with Crippen LogP contribution < -0.4 is 5.32 Å². The van der Waals surface area contributed by atoms with Gasteiger partial charge >= 0.3 is 0 Å². The molecule has 0 aliphatic heterocycles. The molecule has 0 spiro atoms. The molecule has 18 heavy (non-hydrogen) atoms. The Labute approximate surface area is 110 Å². The highest BCUT2D eigenvalue weighted by Crippen LogP contribution is 2.29. The van der Waals surface area contributed by atoms with Gasteiger partial charge in [0.25, 0.3) is 0 Å². The Morgan fingerprint density at radius 2 is 1.94 bits per heavy atom. The van der Waals surface area contributed by atoms with Crippen LogP contribution in [0.25, 0.3) is 0 Å². The van der Waals surface area contributed by atoms with Crippen LogP contribution in [-0.2, 0) is 6.42 Å². The maximum Gasteiger partial charge on any atom is 0.123 e. The molecule has 0 aromatic heterocycles. The fourth-order valence-electron chi connectivity index (χ4n) is 2.62. The van der Waals surface area contributed by atoms with E-state index < -0.39 is 0 Å². The van der Waals surface area contributed by atoms with Crippen molar-refractivity contribution in [1.29, 1.82) is 0 Å². The van der Waals surface area contributed by atoms with E-state index in [2.05, 4.69) is 19.2 Å². The number of nitrogens with one attached hydrogen (secondary N) is 1. The summed E-state index contributed by atoms with van der Waals surface area (Å²) in [5.74, 6) is -0.146. The van der Waals surface area contributed by atoms with Crippen LogP contribution in [0.15, 0.2) is 24.3 Å². The molecule has 1 N–H and O–H groups in total. The molecule has 1 nitrogen and oxygen atoms in total. The van der Waals surface area contributed by atoms with Gasteiger partial charge in [0.2, 0.25) is 0 Å². The Bertz CT molecular complexity index is 369. The van der Waals surface area contributed by atoms with Gasteiger partial charge in [-0.15, -0.1) is 0 Å². The highest BCUT2D eigenvalue weighted by atomic mass is 19.1.